The molecular weight excluding hydrogens is 272 g/mol. The van der Waals surface area contributed by atoms with Gasteiger partial charge in [-0.1, -0.05) is 38.1 Å². The molecule has 5 heteroatoms. The zero-order chi connectivity index (χ0) is 14.8. The number of nitrogens with one attached hydrogen (secondary N) is 2. The Morgan fingerprint density at radius 3 is 2.20 bits per heavy atom. The third-order valence-corrected chi connectivity index (χ3v) is 5.01. The zero-order valence-corrected chi connectivity index (χ0v) is 13.3. The van der Waals surface area contributed by atoms with Crippen molar-refractivity contribution in [2.45, 2.75) is 57.5 Å². The van der Waals surface area contributed by atoms with Crippen LogP contribution in [0.5, 0.6) is 0 Å². The maximum Gasteiger partial charge on any atom is 0.216 e. The molecule has 0 atom stereocenters. The molecule has 0 unspecified atom stereocenters. The third kappa shape index (κ3) is 4.89. The third-order valence-electron chi connectivity index (χ3n) is 3.50. The van der Waals surface area contributed by atoms with Gasteiger partial charge in [0.05, 0.1) is 5.75 Å². The molecule has 0 saturated heterocycles. The quantitative estimate of drug-likeness (QED) is 0.810. The summed E-state index contributed by atoms with van der Waals surface area (Å²) >= 11 is 0. The summed E-state index contributed by atoms with van der Waals surface area (Å²) in [6.07, 6.45) is 1.87. The van der Waals surface area contributed by atoms with Crippen molar-refractivity contribution in [3.63, 3.8) is 0 Å². The highest BCUT2D eigenvalue weighted by atomic mass is 32.2. The molecule has 1 fully saturated rings. The van der Waals surface area contributed by atoms with Gasteiger partial charge >= 0.3 is 0 Å². The predicted octanol–water partition coefficient (Wildman–Crippen LogP) is 2.16. The highest BCUT2D eigenvalue weighted by molar-refractivity contribution is 7.88. The van der Waals surface area contributed by atoms with Crippen molar-refractivity contribution < 1.29 is 8.42 Å². The van der Waals surface area contributed by atoms with E-state index in [1.165, 1.54) is 5.56 Å². The number of hydrogen-bond donors (Lipinski definition) is 2. The summed E-state index contributed by atoms with van der Waals surface area (Å²) in [5, 5.41) is 3.34. The molecule has 0 radical (unpaired) electrons. The Morgan fingerprint density at radius 1 is 1.15 bits per heavy atom. The van der Waals surface area contributed by atoms with Crippen LogP contribution in [0.1, 0.15) is 44.7 Å². The lowest BCUT2D eigenvalue weighted by molar-refractivity contribution is 0.557. The molecule has 0 spiro atoms. The Labute approximate surface area is 122 Å². The van der Waals surface area contributed by atoms with Crippen LogP contribution in [0.15, 0.2) is 24.3 Å². The van der Waals surface area contributed by atoms with Gasteiger partial charge in [0, 0.05) is 18.1 Å². The van der Waals surface area contributed by atoms with Gasteiger partial charge < -0.3 is 5.32 Å². The molecule has 1 saturated carbocycles. The Morgan fingerprint density at radius 2 is 1.70 bits per heavy atom. The molecule has 1 aliphatic carbocycles. The molecule has 4 nitrogen and oxygen atoms in total. The van der Waals surface area contributed by atoms with Crippen molar-refractivity contribution in [3.8, 4) is 0 Å². The molecule has 1 aromatic rings. The molecule has 0 aliphatic heterocycles. The van der Waals surface area contributed by atoms with Crippen molar-refractivity contribution in [2.24, 2.45) is 0 Å². The van der Waals surface area contributed by atoms with Gasteiger partial charge in [-0.05, 0) is 30.9 Å². The zero-order valence-electron chi connectivity index (χ0n) is 12.4. The van der Waals surface area contributed by atoms with E-state index >= 15 is 0 Å². The van der Waals surface area contributed by atoms with E-state index in [0.717, 1.165) is 24.9 Å². The van der Waals surface area contributed by atoms with Crippen LogP contribution in [0.2, 0.25) is 0 Å². The van der Waals surface area contributed by atoms with E-state index in [0.29, 0.717) is 6.04 Å². The smallest absolute Gasteiger partial charge is 0.216 e. The monoisotopic (exact) mass is 296 g/mol. The largest absolute Gasteiger partial charge is 0.310 e. The SMILES string of the molecule is CC(C)NCc1ccc(CS(=O)(=O)NC2(C)CC2)cc1. The molecule has 1 aliphatic rings. The molecule has 20 heavy (non-hydrogen) atoms. The Bertz CT molecular complexity index is 546. The standard InChI is InChI=1S/C15H24N2O2S/c1-12(2)16-10-13-4-6-14(7-5-13)11-20(18,19)17-15(3)8-9-15/h4-7,12,16-17H,8-11H2,1-3H3. The highest BCUT2D eigenvalue weighted by Gasteiger charge is 2.40. The van der Waals surface area contributed by atoms with E-state index in [4.69, 9.17) is 0 Å². The summed E-state index contributed by atoms with van der Waals surface area (Å²) in [6.45, 7) is 6.96. The average molecular weight is 296 g/mol. The van der Waals surface area contributed by atoms with Crippen LogP contribution in [0.3, 0.4) is 0 Å². The van der Waals surface area contributed by atoms with Gasteiger partial charge in [-0.25, -0.2) is 13.1 Å². The Hall–Kier alpha value is -0.910. The van der Waals surface area contributed by atoms with Crippen LogP contribution >= 0.6 is 0 Å². The van der Waals surface area contributed by atoms with Crippen LogP contribution in [0.25, 0.3) is 0 Å². The summed E-state index contributed by atoms with van der Waals surface area (Å²) in [4.78, 5) is 0. The van der Waals surface area contributed by atoms with Crippen LogP contribution in [-0.2, 0) is 22.3 Å². The molecule has 1 aromatic carbocycles. The number of sulfonamides is 1. The number of hydrogen-bond acceptors (Lipinski definition) is 3. The van der Waals surface area contributed by atoms with Crippen LogP contribution in [0, 0.1) is 0 Å². The van der Waals surface area contributed by atoms with Gasteiger partial charge in [-0.3, -0.25) is 0 Å². The van der Waals surface area contributed by atoms with E-state index in [2.05, 4.69) is 23.9 Å². The second-order valence-corrected chi connectivity index (χ2v) is 8.00. The molecule has 0 amide bonds. The molecule has 0 heterocycles. The van der Waals surface area contributed by atoms with E-state index in [-0.39, 0.29) is 11.3 Å². The van der Waals surface area contributed by atoms with Crippen molar-refractivity contribution in [2.75, 3.05) is 0 Å². The highest BCUT2D eigenvalue weighted by Crippen LogP contribution is 2.35. The van der Waals surface area contributed by atoms with E-state index in [1.807, 2.05) is 31.2 Å². The fraction of sp³-hybridized carbons (Fsp3) is 0.600. The van der Waals surface area contributed by atoms with E-state index in [9.17, 15) is 8.42 Å². The van der Waals surface area contributed by atoms with Crippen molar-refractivity contribution in [3.05, 3.63) is 35.4 Å². The minimum absolute atomic E-state index is 0.0560. The average Bonchev–Trinajstić information content (AvgIpc) is 3.04. The summed E-state index contributed by atoms with van der Waals surface area (Å²) in [5.74, 6) is 0.0560. The van der Waals surface area contributed by atoms with Gasteiger partial charge in [0.1, 0.15) is 0 Å². The van der Waals surface area contributed by atoms with Crippen LogP contribution < -0.4 is 10.0 Å². The molecule has 2 N–H and O–H groups in total. The normalized spacial score (nSPS) is 17.4. The van der Waals surface area contributed by atoms with Gasteiger partial charge in [-0.2, -0.15) is 0 Å². The lowest BCUT2D eigenvalue weighted by Gasteiger charge is -2.12. The summed E-state index contributed by atoms with van der Waals surface area (Å²) in [6, 6.07) is 8.20. The first-order valence-corrected chi connectivity index (χ1v) is 8.76. The summed E-state index contributed by atoms with van der Waals surface area (Å²) in [7, 11) is -3.23. The first-order chi connectivity index (χ1) is 9.28. The Balaban J connectivity index is 1.93. The van der Waals surface area contributed by atoms with Gasteiger partial charge in [-0.15, -0.1) is 0 Å². The van der Waals surface area contributed by atoms with Gasteiger partial charge in [0.2, 0.25) is 10.0 Å². The fourth-order valence-corrected chi connectivity index (χ4v) is 3.65. The van der Waals surface area contributed by atoms with Gasteiger partial charge in [0.25, 0.3) is 0 Å². The molecular formula is C15H24N2O2S. The van der Waals surface area contributed by atoms with Crippen molar-refractivity contribution in [1.29, 1.82) is 0 Å². The fourth-order valence-electron chi connectivity index (χ4n) is 2.00. The summed E-state index contributed by atoms with van der Waals surface area (Å²) < 4.78 is 26.8. The van der Waals surface area contributed by atoms with Gasteiger partial charge in [0.15, 0.2) is 0 Å². The lowest BCUT2D eigenvalue weighted by atomic mass is 10.1. The molecule has 112 valence electrons. The second-order valence-electron chi connectivity index (χ2n) is 6.27. The molecule has 2 rings (SSSR count). The first-order valence-electron chi connectivity index (χ1n) is 7.11. The van der Waals surface area contributed by atoms with Crippen molar-refractivity contribution >= 4 is 10.0 Å². The lowest BCUT2D eigenvalue weighted by Crippen LogP contribution is -2.35. The maximum absolute atomic E-state index is 12.0. The minimum atomic E-state index is -3.23. The predicted molar refractivity (Wildman–Crippen MR) is 81.8 cm³/mol. The maximum atomic E-state index is 12.0. The van der Waals surface area contributed by atoms with E-state index in [1.54, 1.807) is 0 Å². The second kappa shape index (κ2) is 5.84. The number of rotatable bonds is 7. The van der Waals surface area contributed by atoms with Crippen molar-refractivity contribution in [1.82, 2.24) is 10.0 Å². The first kappa shape index (κ1) is 15.5. The minimum Gasteiger partial charge on any atom is -0.310 e. The van der Waals surface area contributed by atoms with E-state index < -0.39 is 10.0 Å². The molecule has 0 bridgehead atoms. The number of benzene rings is 1. The topological polar surface area (TPSA) is 58.2 Å². The van der Waals surface area contributed by atoms with Crippen LogP contribution in [0.4, 0.5) is 0 Å². The molecule has 0 aromatic heterocycles. The Kier molecular flexibility index (Phi) is 4.52. The summed E-state index contributed by atoms with van der Waals surface area (Å²) in [5.41, 5.74) is 1.80. The van der Waals surface area contributed by atoms with Crippen LogP contribution in [-0.4, -0.2) is 20.0 Å².